The third-order valence-corrected chi connectivity index (χ3v) is 4.56. The summed E-state index contributed by atoms with van der Waals surface area (Å²) in [4.78, 5) is 20.7. The van der Waals surface area contributed by atoms with Gasteiger partial charge in [-0.05, 0) is 23.4 Å². The Balaban J connectivity index is 2.05. The summed E-state index contributed by atoms with van der Waals surface area (Å²) in [6.07, 6.45) is 0.372. The number of hydrogen-bond acceptors (Lipinski definition) is 10. The lowest BCUT2D eigenvalue weighted by atomic mass is 10.2. The molecule has 0 aliphatic carbocycles. The Morgan fingerprint density at radius 3 is 2.66 bits per heavy atom. The zero-order chi connectivity index (χ0) is 21.2. The van der Waals surface area contributed by atoms with Crippen molar-refractivity contribution in [2.45, 2.75) is 4.90 Å². The first-order valence-corrected chi connectivity index (χ1v) is 9.13. The Kier molecular flexibility index (Phi) is 5.20. The Morgan fingerprint density at radius 2 is 2.07 bits per heavy atom. The number of rotatable bonds is 7. The average molecular weight is 420 g/mol. The molecule has 0 aliphatic heterocycles. The van der Waals surface area contributed by atoms with Gasteiger partial charge in [-0.3, -0.25) is 19.5 Å². The van der Waals surface area contributed by atoms with Gasteiger partial charge >= 0.3 is 10.1 Å². The molecule has 3 aromatic rings. The van der Waals surface area contributed by atoms with Crippen LogP contribution in [-0.2, 0) is 14.9 Å². The summed E-state index contributed by atoms with van der Waals surface area (Å²) < 4.78 is 37.5. The van der Waals surface area contributed by atoms with Crippen molar-refractivity contribution in [2.24, 2.45) is 0 Å². The number of tetrazole rings is 1. The van der Waals surface area contributed by atoms with Gasteiger partial charge in [0.2, 0.25) is 5.82 Å². The molecule has 1 heterocycles. The van der Waals surface area contributed by atoms with E-state index in [0.717, 1.165) is 16.9 Å². The van der Waals surface area contributed by atoms with Crippen molar-refractivity contribution in [1.82, 2.24) is 20.2 Å². The highest BCUT2D eigenvalue weighted by atomic mass is 32.2. The molecule has 0 atom stereocenters. The predicted octanol–water partition coefficient (Wildman–Crippen LogP) is 1.29. The lowest BCUT2D eigenvalue weighted by Gasteiger charge is -2.13. The fourth-order valence-corrected chi connectivity index (χ4v) is 3.11. The molecule has 0 amide bonds. The Hall–Kier alpha value is -3.91. The fraction of sp³-hybridized carbons (Fsp3) is 0.0667. The number of nitro groups is 1. The SMILES string of the molecule is COc1cc([N+](=O)[O-])c(S(=O)(=O)O)cc1Nc1cccc(-c2nnn(C=O)n2)c1. The number of ether oxygens (including phenoxy) is 1. The van der Waals surface area contributed by atoms with E-state index in [2.05, 4.69) is 20.7 Å². The molecule has 0 aliphatic rings. The molecule has 13 nitrogen and oxygen atoms in total. The van der Waals surface area contributed by atoms with Crippen LogP contribution in [0.3, 0.4) is 0 Å². The number of carbonyl (C=O) groups excluding carboxylic acids is 1. The van der Waals surface area contributed by atoms with Gasteiger partial charge in [0.1, 0.15) is 5.75 Å². The predicted molar refractivity (Wildman–Crippen MR) is 98.1 cm³/mol. The number of benzene rings is 2. The van der Waals surface area contributed by atoms with Gasteiger partial charge in [-0.15, -0.1) is 10.2 Å². The number of hydrogen-bond donors (Lipinski definition) is 2. The van der Waals surface area contributed by atoms with Crippen molar-refractivity contribution in [2.75, 3.05) is 12.4 Å². The maximum absolute atomic E-state index is 11.6. The van der Waals surface area contributed by atoms with E-state index in [1.165, 1.54) is 7.11 Å². The van der Waals surface area contributed by atoms with Gasteiger partial charge in [0.05, 0.1) is 23.8 Å². The number of nitro benzene ring substituents is 1. The van der Waals surface area contributed by atoms with Crippen LogP contribution in [0, 0.1) is 10.1 Å². The number of aromatic nitrogens is 4. The third-order valence-electron chi connectivity index (χ3n) is 3.68. The Labute approximate surface area is 162 Å². The maximum atomic E-state index is 11.6. The van der Waals surface area contributed by atoms with Crippen molar-refractivity contribution in [3.63, 3.8) is 0 Å². The molecular formula is C15H12N6O7S. The lowest BCUT2D eigenvalue weighted by Crippen LogP contribution is -2.06. The Bertz CT molecular complexity index is 1210. The summed E-state index contributed by atoms with van der Waals surface area (Å²) in [6.45, 7) is 0. The molecule has 150 valence electrons. The highest BCUT2D eigenvalue weighted by Gasteiger charge is 2.27. The molecular weight excluding hydrogens is 408 g/mol. The number of nitrogens with one attached hydrogen (secondary N) is 1. The molecule has 2 N–H and O–H groups in total. The monoisotopic (exact) mass is 420 g/mol. The van der Waals surface area contributed by atoms with E-state index in [4.69, 9.17) is 4.74 Å². The first kappa shape index (κ1) is 19.8. The largest absolute Gasteiger partial charge is 0.494 e. The van der Waals surface area contributed by atoms with E-state index in [0.29, 0.717) is 17.7 Å². The second-order valence-electron chi connectivity index (χ2n) is 5.50. The van der Waals surface area contributed by atoms with Crippen LogP contribution in [0.5, 0.6) is 5.75 Å². The minimum Gasteiger partial charge on any atom is -0.494 e. The Morgan fingerprint density at radius 1 is 1.31 bits per heavy atom. The number of nitrogens with zero attached hydrogens (tertiary/aromatic N) is 5. The molecule has 0 bridgehead atoms. The molecule has 0 spiro atoms. The van der Waals surface area contributed by atoms with Gasteiger partial charge in [-0.25, -0.2) is 0 Å². The van der Waals surface area contributed by atoms with Gasteiger partial charge < -0.3 is 10.1 Å². The smallest absolute Gasteiger partial charge is 0.301 e. The van der Waals surface area contributed by atoms with Crippen molar-refractivity contribution < 1.29 is 27.4 Å². The second kappa shape index (κ2) is 7.61. The molecule has 0 fully saturated rings. The summed E-state index contributed by atoms with van der Waals surface area (Å²) in [5, 5.41) is 25.1. The molecule has 3 rings (SSSR count). The molecule has 14 heteroatoms. The minimum atomic E-state index is -4.87. The van der Waals surface area contributed by atoms with Gasteiger partial charge in [-0.2, -0.15) is 8.42 Å². The maximum Gasteiger partial charge on any atom is 0.301 e. The summed E-state index contributed by atoms with van der Waals surface area (Å²) in [5.74, 6) is 0.134. The van der Waals surface area contributed by atoms with E-state index in [9.17, 15) is 27.9 Å². The molecule has 29 heavy (non-hydrogen) atoms. The zero-order valence-corrected chi connectivity index (χ0v) is 15.4. The van der Waals surface area contributed by atoms with Crippen LogP contribution in [0.2, 0.25) is 0 Å². The fourth-order valence-electron chi connectivity index (χ4n) is 2.44. The first-order valence-electron chi connectivity index (χ1n) is 7.69. The summed E-state index contributed by atoms with van der Waals surface area (Å²) in [6, 6.07) is 8.23. The molecule has 2 aromatic carbocycles. The summed E-state index contributed by atoms with van der Waals surface area (Å²) in [7, 11) is -3.63. The third kappa shape index (κ3) is 4.17. The van der Waals surface area contributed by atoms with Crippen LogP contribution in [0.1, 0.15) is 0 Å². The summed E-state index contributed by atoms with van der Waals surface area (Å²) in [5.41, 5.74) is 0.114. The molecule has 1 aromatic heterocycles. The van der Waals surface area contributed by atoms with Gasteiger partial charge in [-0.1, -0.05) is 16.9 Å². The quantitative estimate of drug-likeness (QED) is 0.243. The van der Waals surface area contributed by atoms with E-state index >= 15 is 0 Å². The van der Waals surface area contributed by atoms with Gasteiger partial charge in [0.25, 0.3) is 12.1 Å². The van der Waals surface area contributed by atoms with Crippen LogP contribution >= 0.6 is 0 Å². The molecule has 0 saturated heterocycles. The van der Waals surface area contributed by atoms with Crippen molar-refractivity contribution in [1.29, 1.82) is 0 Å². The van der Waals surface area contributed by atoms with Crippen LogP contribution in [-0.4, -0.2) is 51.6 Å². The first-order chi connectivity index (χ1) is 13.7. The van der Waals surface area contributed by atoms with E-state index < -0.39 is 25.6 Å². The summed E-state index contributed by atoms with van der Waals surface area (Å²) >= 11 is 0. The van der Waals surface area contributed by atoms with Crippen molar-refractivity contribution in [3.8, 4) is 17.1 Å². The standard InChI is InChI=1S/C15H12N6O7S/c1-28-13-7-12(21(23)24)14(29(25,26)27)6-11(13)16-10-4-2-3-9(5-10)15-17-19-20(8-22)18-15/h2-8,16H,1H3,(H,25,26,27). The highest BCUT2D eigenvalue weighted by molar-refractivity contribution is 7.86. The van der Waals surface area contributed by atoms with Crippen LogP contribution in [0.15, 0.2) is 41.3 Å². The number of anilines is 2. The molecule has 0 unspecified atom stereocenters. The van der Waals surface area contributed by atoms with Crippen LogP contribution < -0.4 is 10.1 Å². The lowest BCUT2D eigenvalue weighted by molar-refractivity contribution is -0.387. The van der Waals surface area contributed by atoms with Gasteiger partial charge in [0.15, 0.2) is 4.90 Å². The van der Waals surface area contributed by atoms with E-state index in [1.54, 1.807) is 24.3 Å². The minimum absolute atomic E-state index is 0.0282. The van der Waals surface area contributed by atoms with Crippen LogP contribution in [0.25, 0.3) is 11.4 Å². The highest BCUT2D eigenvalue weighted by Crippen LogP contribution is 2.37. The van der Waals surface area contributed by atoms with Crippen LogP contribution in [0.4, 0.5) is 17.1 Å². The topological polar surface area (TPSA) is 179 Å². The normalized spacial score (nSPS) is 11.1. The van der Waals surface area contributed by atoms with E-state index in [-0.39, 0.29) is 17.3 Å². The van der Waals surface area contributed by atoms with Crippen molar-refractivity contribution >= 4 is 33.6 Å². The zero-order valence-electron chi connectivity index (χ0n) is 14.6. The van der Waals surface area contributed by atoms with Gasteiger partial charge in [0, 0.05) is 11.3 Å². The number of carbonyl (C=O) groups is 1. The molecule has 0 saturated carbocycles. The second-order valence-corrected chi connectivity index (χ2v) is 6.89. The average Bonchev–Trinajstić information content (AvgIpc) is 3.16. The van der Waals surface area contributed by atoms with E-state index in [1.807, 2.05) is 0 Å². The number of methoxy groups -OCH3 is 1. The van der Waals surface area contributed by atoms with Crippen molar-refractivity contribution in [3.05, 3.63) is 46.5 Å². The molecule has 0 radical (unpaired) electrons.